The average molecular weight is 111 g/mol. The van der Waals surface area contributed by atoms with Gasteiger partial charge >= 0.3 is 5.97 Å². The highest BCUT2D eigenvalue weighted by molar-refractivity contribution is 5.86. The smallest absolute Gasteiger partial charge is 0.381 e. The molecule has 0 aromatic carbocycles. The number of carboxylic acid groups (broad SMARTS) is 1. The predicted molar refractivity (Wildman–Crippen MR) is 30.0 cm³/mol. The molecule has 2 nitrogen and oxygen atoms in total. The lowest BCUT2D eigenvalue weighted by Gasteiger charge is -1.81. The third-order valence-corrected chi connectivity index (χ3v) is 0.419. The van der Waals surface area contributed by atoms with Crippen molar-refractivity contribution < 1.29 is 9.90 Å². The van der Waals surface area contributed by atoms with Gasteiger partial charge in [-0.1, -0.05) is 5.92 Å². The Morgan fingerprint density at radius 3 is 2.00 bits per heavy atom. The SMILES string of the molecule is C[C](C)C#CC(=O)O. The molecule has 0 amide bonds. The summed E-state index contributed by atoms with van der Waals surface area (Å²) in [7, 11) is 0. The van der Waals surface area contributed by atoms with Gasteiger partial charge in [-0.2, -0.15) is 0 Å². The summed E-state index contributed by atoms with van der Waals surface area (Å²) < 4.78 is 0. The zero-order valence-corrected chi connectivity index (χ0v) is 4.86. The molecule has 0 aliphatic heterocycles. The molecule has 0 rings (SSSR count). The van der Waals surface area contributed by atoms with Gasteiger partial charge in [0.25, 0.3) is 0 Å². The lowest BCUT2D eigenvalue weighted by Crippen LogP contribution is -1.87. The van der Waals surface area contributed by atoms with Crippen molar-refractivity contribution in [2.75, 3.05) is 0 Å². The highest BCUT2D eigenvalue weighted by Crippen LogP contribution is 1.87. The van der Waals surface area contributed by atoms with E-state index in [0.717, 1.165) is 5.92 Å². The van der Waals surface area contributed by atoms with Crippen molar-refractivity contribution in [1.29, 1.82) is 0 Å². The number of rotatable bonds is 0. The van der Waals surface area contributed by atoms with E-state index in [-0.39, 0.29) is 0 Å². The lowest BCUT2D eigenvalue weighted by molar-refractivity contribution is -0.130. The highest BCUT2D eigenvalue weighted by atomic mass is 16.4. The number of aliphatic carboxylic acids is 1. The Balaban J connectivity index is 3.68. The number of hydrogen-bond acceptors (Lipinski definition) is 1. The molecule has 1 N–H and O–H groups in total. The van der Waals surface area contributed by atoms with Crippen molar-refractivity contribution in [3.63, 3.8) is 0 Å². The second-order valence-electron chi connectivity index (χ2n) is 1.56. The fourth-order valence-corrected chi connectivity index (χ4v) is 0.178. The molecule has 0 fully saturated rings. The van der Waals surface area contributed by atoms with Gasteiger partial charge in [0, 0.05) is 11.8 Å². The molecule has 0 unspecified atom stereocenters. The van der Waals surface area contributed by atoms with Crippen molar-refractivity contribution in [2.24, 2.45) is 0 Å². The van der Waals surface area contributed by atoms with Crippen LogP contribution in [0.5, 0.6) is 0 Å². The lowest BCUT2D eigenvalue weighted by atomic mass is 10.2. The number of carboxylic acids is 1. The molecule has 0 bridgehead atoms. The summed E-state index contributed by atoms with van der Waals surface area (Å²) in [6, 6.07) is 0. The van der Waals surface area contributed by atoms with Crippen molar-refractivity contribution >= 4 is 5.97 Å². The van der Waals surface area contributed by atoms with Crippen LogP contribution in [0.2, 0.25) is 0 Å². The van der Waals surface area contributed by atoms with Crippen LogP contribution in [0.3, 0.4) is 0 Å². The monoisotopic (exact) mass is 111 g/mol. The third kappa shape index (κ3) is 5.03. The molecule has 0 aliphatic rings. The second-order valence-corrected chi connectivity index (χ2v) is 1.56. The fourth-order valence-electron chi connectivity index (χ4n) is 0.178. The zero-order chi connectivity index (χ0) is 6.57. The van der Waals surface area contributed by atoms with Crippen molar-refractivity contribution in [3.8, 4) is 11.8 Å². The van der Waals surface area contributed by atoms with E-state index in [9.17, 15) is 4.79 Å². The molecule has 0 heterocycles. The minimum atomic E-state index is -1.08. The molecule has 43 valence electrons. The Morgan fingerprint density at radius 1 is 1.38 bits per heavy atom. The first-order chi connectivity index (χ1) is 3.63. The average Bonchev–Trinajstić information content (AvgIpc) is 1.61. The van der Waals surface area contributed by atoms with Gasteiger partial charge < -0.3 is 5.11 Å². The van der Waals surface area contributed by atoms with Crippen molar-refractivity contribution in [2.45, 2.75) is 13.8 Å². The summed E-state index contributed by atoms with van der Waals surface area (Å²) in [5, 5.41) is 7.98. The minimum Gasteiger partial charge on any atom is -0.472 e. The first kappa shape index (κ1) is 7.03. The molecule has 0 atom stereocenters. The van der Waals surface area contributed by atoms with Gasteiger partial charge in [-0.15, -0.1) is 0 Å². The van der Waals surface area contributed by atoms with Gasteiger partial charge in [0.05, 0.1) is 0 Å². The van der Waals surface area contributed by atoms with Crippen LogP contribution in [0.4, 0.5) is 0 Å². The van der Waals surface area contributed by atoms with E-state index in [4.69, 9.17) is 5.11 Å². The fraction of sp³-hybridized carbons (Fsp3) is 0.333. The van der Waals surface area contributed by atoms with E-state index < -0.39 is 5.97 Å². The van der Waals surface area contributed by atoms with E-state index >= 15 is 0 Å². The molecule has 2 heteroatoms. The molecule has 1 radical (unpaired) electrons. The maximum Gasteiger partial charge on any atom is 0.381 e. The topological polar surface area (TPSA) is 37.3 Å². The molecular formula is C6H7O2. The van der Waals surface area contributed by atoms with Crippen LogP contribution in [0.1, 0.15) is 13.8 Å². The van der Waals surface area contributed by atoms with Gasteiger partial charge in [-0.25, -0.2) is 4.79 Å². The van der Waals surface area contributed by atoms with Crippen molar-refractivity contribution in [1.82, 2.24) is 0 Å². The van der Waals surface area contributed by atoms with E-state index in [1.807, 2.05) is 5.92 Å². The van der Waals surface area contributed by atoms with Crippen LogP contribution >= 0.6 is 0 Å². The molecular weight excluding hydrogens is 104 g/mol. The molecule has 0 saturated carbocycles. The van der Waals surface area contributed by atoms with Gasteiger partial charge in [-0.05, 0) is 13.8 Å². The Labute approximate surface area is 48.5 Å². The maximum absolute atomic E-state index is 9.72. The van der Waals surface area contributed by atoms with E-state index in [0.29, 0.717) is 0 Å². The predicted octanol–water partition coefficient (Wildman–Crippen LogP) is 0.689. The van der Waals surface area contributed by atoms with Crippen LogP contribution in [0.15, 0.2) is 0 Å². The van der Waals surface area contributed by atoms with Gasteiger partial charge in [-0.3, -0.25) is 0 Å². The summed E-state index contributed by atoms with van der Waals surface area (Å²) in [5.41, 5.74) is 0. The van der Waals surface area contributed by atoms with Crippen LogP contribution in [-0.4, -0.2) is 11.1 Å². The Bertz CT molecular complexity index is 136. The molecule has 0 saturated heterocycles. The van der Waals surface area contributed by atoms with Crippen LogP contribution < -0.4 is 0 Å². The summed E-state index contributed by atoms with van der Waals surface area (Å²) in [5.74, 6) is 4.12. The van der Waals surface area contributed by atoms with Gasteiger partial charge in [0.15, 0.2) is 0 Å². The molecule has 8 heavy (non-hydrogen) atoms. The first-order valence-electron chi connectivity index (χ1n) is 2.18. The maximum atomic E-state index is 9.72. The number of carbonyl (C=O) groups is 1. The Morgan fingerprint density at radius 2 is 1.88 bits per heavy atom. The minimum absolute atomic E-state index is 0.812. The second kappa shape index (κ2) is 3.09. The van der Waals surface area contributed by atoms with Crippen LogP contribution in [-0.2, 0) is 4.79 Å². The molecule has 0 spiro atoms. The normalized spacial score (nSPS) is 7.88. The summed E-state index contributed by atoms with van der Waals surface area (Å²) in [6.45, 7) is 3.52. The van der Waals surface area contributed by atoms with E-state index in [1.165, 1.54) is 0 Å². The summed E-state index contributed by atoms with van der Waals surface area (Å²) >= 11 is 0. The molecule has 0 aliphatic carbocycles. The van der Waals surface area contributed by atoms with Gasteiger partial charge in [0.1, 0.15) is 0 Å². The van der Waals surface area contributed by atoms with Crippen LogP contribution in [0, 0.1) is 17.8 Å². The van der Waals surface area contributed by atoms with E-state index in [2.05, 4.69) is 5.92 Å². The standard InChI is InChI=1S/C6H7O2/c1-5(2)3-4-6(7)8/h1-2H3,(H,7,8). The third-order valence-electron chi connectivity index (χ3n) is 0.419. The zero-order valence-electron chi connectivity index (χ0n) is 4.86. The largest absolute Gasteiger partial charge is 0.472 e. The molecule has 0 aromatic heterocycles. The van der Waals surface area contributed by atoms with E-state index in [1.54, 1.807) is 13.8 Å². The Hall–Kier alpha value is -0.970. The first-order valence-corrected chi connectivity index (χ1v) is 2.18. The quantitative estimate of drug-likeness (QED) is 0.467. The summed E-state index contributed by atoms with van der Waals surface area (Å²) in [6.07, 6.45) is 0. The van der Waals surface area contributed by atoms with Gasteiger partial charge in [0.2, 0.25) is 0 Å². The number of hydrogen-bond donors (Lipinski definition) is 1. The summed E-state index contributed by atoms with van der Waals surface area (Å²) in [4.78, 5) is 9.72. The highest BCUT2D eigenvalue weighted by Gasteiger charge is 1.85. The Kier molecular flexibility index (Phi) is 2.71. The van der Waals surface area contributed by atoms with Crippen molar-refractivity contribution in [3.05, 3.63) is 5.92 Å². The van der Waals surface area contributed by atoms with Crippen LogP contribution in [0.25, 0.3) is 0 Å². The molecule has 0 aromatic rings.